The van der Waals surface area contributed by atoms with Crippen LogP contribution < -0.4 is 0 Å². The smallest absolute Gasteiger partial charge is 0.307 e. The number of methoxy groups -OCH3 is 1. The van der Waals surface area contributed by atoms with E-state index in [9.17, 15) is 14.1 Å². The Morgan fingerprint density at radius 2 is 1.85 bits per heavy atom. The van der Waals surface area contributed by atoms with Crippen LogP contribution in [0.15, 0.2) is 54.6 Å². The predicted molar refractivity (Wildman–Crippen MR) is 105 cm³/mol. The lowest BCUT2D eigenvalue weighted by Crippen LogP contribution is -1.98. The average Bonchev–Trinajstić information content (AvgIpc) is 2.93. The molecule has 2 aromatic carbocycles. The highest BCUT2D eigenvalue weighted by molar-refractivity contribution is 7.94. The van der Waals surface area contributed by atoms with E-state index in [1.165, 1.54) is 0 Å². The van der Waals surface area contributed by atoms with E-state index in [-0.39, 0.29) is 6.42 Å². The van der Waals surface area contributed by atoms with Gasteiger partial charge in [0.2, 0.25) is 0 Å². The fourth-order valence-corrected chi connectivity index (χ4v) is 4.19. The first-order valence-corrected chi connectivity index (χ1v) is 9.75. The Balaban J connectivity index is 2.23. The summed E-state index contributed by atoms with van der Waals surface area (Å²) < 4.78 is 17.7. The number of carbonyl (C=O) groups is 1. The summed E-state index contributed by atoms with van der Waals surface area (Å²) >= 11 is 0. The molecule has 1 aliphatic rings. The monoisotopic (exact) mass is 368 g/mol. The Labute approximate surface area is 155 Å². The number of hydrogen-bond acceptors (Lipinski definition) is 3. The molecule has 0 heterocycles. The molecule has 1 N–H and O–H groups in total. The van der Waals surface area contributed by atoms with Crippen LogP contribution in [-0.2, 0) is 26.9 Å². The third-order valence-corrected chi connectivity index (χ3v) is 5.29. The number of allylic oxidation sites excluding steroid dienone is 2. The van der Waals surface area contributed by atoms with E-state index in [1.807, 2.05) is 54.6 Å². The Kier molecular flexibility index (Phi) is 5.49. The van der Waals surface area contributed by atoms with Crippen LogP contribution in [0.2, 0.25) is 0 Å². The van der Waals surface area contributed by atoms with Crippen LogP contribution in [0, 0.1) is 0 Å². The number of aliphatic carboxylic acids is 1. The van der Waals surface area contributed by atoms with Gasteiger partial charge in [-0.25, -0.2) is 0 Å². The summed E-state index contributed by atoms with van der Waals surface area (Å²) in [4.78, 5) is 12.0. The van der Waals surface area contributed by atoms with E-state index in [2.05, 4.69) is 0 Å². The number of carboxylic acid groups (broad SMARTS) is 1. The lowest BCUT2D eigenvalue weighted by molar-refractivity contribution is -0.135. The van der Waals surface area contributed by atoms with Gasteiger partial charge in [0.15, 0.2) is 0 Å². The van der Waals surface area contributed by atoms with Crippen molar-refractivity contribution in [3.8, 4) is 0 Å². The van der Waals surface area contributed by atoms with Crippen LogP contribution in [0.5, 0.6) is 0 Å². The van der Waals surface area contributed by atoms with Crippen LogP contribution in [0.4, 0.5) is 0 Å². The van der Waals surface area contributed by atoms with Crippen LogP contribution in [0.25, 0.3) is 16.1 Å². The molecule has 0 radical (unpaired) electrons. The minimum atomic E-state index is -1.22. The van der Waals surface area contributed by atoms with Crippen molar-refractivity contribution in [2.24, 2.45) is 0 Å². The van der Waals surface area contributed by atoms with Gasteiger partial charge in [-0.15, -0.1) is 0 Å². The van der Waals surface area contributed by atoms with Crippen molar-refractivity contribution in [2.45, 2.75) is 13.0 Å². The molecule has 0 fully saturated rings. The minimum absolute atomic E-state index is 0.0780. The maximum atomic E-state index is 12.5. The van der Waals surface area contributed by atoms with Crippen LogP contribution in [-0.4, -0.2) is 28.7 Å². The van der Waals surface area contributed by atoms with Crippen molar-refractivity contribution in [1.82, 2.24) is 0 Å². The van der Waals surface area contributed by atoms with E-state index in [1.54, 1.807) is 13.4 Å². The van der Waals surface area contributed by atoms with Gasteiger partial charge in [0.25, 0.3) is 0 Å². The zero-order valence-corrected chi connectivity index (χ0v) is 15.5. The molecule has 0 saturated carbocycles. The van der Waals surface area contributed by atoms with Gasteiger partial charge in [-0.1, -0.05) is 42.5 Å². The Bertz CT molecular complexity index is 926. The summed E-state index contributed by atoms with van der Waals surface area (Å²) in [7, 11) is 0.400. The molecule has 134 valence electrons. The molecule has 0 bridgehead atoms. The summed E-state index contributed by atoms with van der Waals surface area (Å²) in [6.45, 7) is 0.456. The standard InChI is InChI=1S/C21H20O4S/c1-25-13-14-8-9-17-18(10-14)16(12-20(22)23)11-19(17)21(26(2)24)15-6-4-3-5-7-15/h3-11H,12-13H2,1-2H3,(H,22,23). The van der Waals surface area contributed by atoms with Crippen LogP contribution >= 0.6 is 0 Å². The normalized spacial score (nSPS) is 16.0. The predicted octanol–water partition coefficient (Wildman–Crippen LogP) is 3.95. The fourth-order valence-electron chi connectivity index (χ4n) is 3.24. The maximum Gasteiger partial charge on any atom is 0.307 e. The van der Waals surface area contributed by atoms with Crippen molar-refractivity contribution in [1.29, 1.82) is 0 Å². The molecule has 1 atom stereocenters. The molecule has 0 spiro atoms. The fraction of sp³-hybridized carbons (Fsp3) is 0.190. The Morgan fingerprint density at radius 1 is 1.12 bits per heavy atom. The third kappa shape index (κ3) is 3.69. The van der Waals surface area contributed by atoms with Gasteiger partial charge in [0.05, 0.1) is 28.7 Å². The van der Waals surface area contributed by atoms with Crippen molar-refractivity contribution < 1.29 is 18.8 Å². The van der Waals surface area contributed by atoms with Gasteiger partial charge in [-0.05, 0) is 45.5 Å². The third-order valence-electron chi connectivity index (χ3n) is 4.26. The van der Waals surface area contributed by atoms with Gasteiger partial charge in [-0.2, -0.15) is 0 Å². The first-order valence-electron chi connectivity index (χ1n) is 8.19. The van der Waals surface area contributed by atoms with Crippen molar-refractivity contribution >= 4 is 32.8 Å². The quantitative estimate of drug-likeness (QED) is 0.838. The number of fused-ring (bicyclic) bond motifs is 1. The van der Waals surface area contributed by atoms with Gasteiger partial charge < -0.3 is 9.84 Å². The molecule has 2 aromatic rings. The topological polar surface area (TPSA) is 63.6 Å². The number of hydrogen-bond donors (Lipinski definition) is 1. The highest BCUT2D eigenvalue weighted by Gasteiger charge is 2.25. The minimum Gasteiger partial charge on any atom is -0.481 e. The molecular weight excluding hydrogens is 348 g/mol. The SMILES string of the molecule is COCc1ccc2c(c1)C(CC(=O)O)=CC2=C(c1ccccc1)S(C)=O. The molecule has 4 nitrogen and oxygen atoms in total. The number of benzene rings is 2. The van der Waals surface area contributed by atoms with E-state index in [4.69, 9.17) is 4.74 Å². The molecular formula is C21H20O4S. The zero-order valence-electron chi connectivity index (χ0n) is 14.7. The summed E-state index contributed by atoms with van der Waals surface area (Å²) in [6, 6.07) is 15.4. The van der Waals surface area contributed by atoms with Gasteiger partial charge >= 0.3 is 5.97 Å². The number of rotatable bonds is 6. The van der Waals surface area contributed by atoms with Crippen LogP contribution in [0.3, 0.4) is 0 Å². The largest absolute Gasteiger partial charge is 0.481 e. The summed E-state index contributed by atoms with van der Waals surface area (Å²) in [6.07, 6.45) is 3.43. The van der Waals surface area contributed by atoms with Crippen molar-refractivity contribution in [2.75, 3.05) is 13.4 Å². The summed E-state index contributed by atoms with van der Waals surface area (Å²) in [5.41, 5.74) is 5.18. The molecule has 0 amide bonds. The van der Waals surface area contributed by atoms with Gasteiger partial charge in [0.1, 0.15) is 0 Å². The lowest BCUT2D eigenvalue weighted by atomic mass is 9.99. The van der Waals surface area contributed by atoms with Crippen molar-refractivity contribution in [3.05, 3.63) is 76.9 Å². The number of ether oxygens (including phenoxy) is 1. The van der Waals surface area contributed by atoms with Gasteiger partial charge in [-0.3, -0.25) is 9.00 Å². The van der Waals surface area contributed by atoms with E-state index in [0.717, 1.165) is 33.4 Å². The van der Waals surface area contributed by atoms with Crippen LogP contribution in [0.1, 0.15) is 28.7 Å². The first-order chi connectivity index (χ1) is 12.5. The Morgan fingerprint density at radius 3 is 2.46 bits per heavy atom. The first kappa shape index (κ1) is 18.3. The second-order valence-corrected chi connectivity index (χ2v) is 7.43. The summed E-state index contributed by atoms with van der Waals surface area (Å²) in [5, 5.41) is 9.28. The highest BCUT2D eigenvalue weighted by Crippen LogP contribution is 2.42. The molecule has 5 heteroatoms. The molecule has 0 saturated heterocycles. The maximum absolute atomic E-state index is 12.5. The number of carboxylic acids is 1. The second-order valence-electron chi connectivity index (χ2n) is 6.12. The summed E-state index contributed by atoms with van der Waals surface area (Å²) in [5.74, 6) is -0.889. The van der Waals surface area contributed by atoms with Crippen molar-refractivity contribution in [3.63, 3.8) is 0 Å². The van der Waals surface area contributed by atoms with E-state index in [0.29, 0.717) is 11.5 Å². The van der Waals surface area contributed by atoms with Gasteiger partial charge in [0, 0.05) is 13.4 Å². The van der Waals surface area contributed by atoms with E-state index >= 15 is 0 Å². The van der Waals surface area contributed by atoms with E-state index < -0.39 is 16.8 Å². The average molecular weight is 368 g/mol. The lowest BCUT2D eigenvalue weighted by Gasteiger charge is -2.11. The second kappa shape index (κ2) is 7.81. The highest BCUT2D eigenvalue weighted by atomic mass is 32.2. The molecule has 0 aromatic heterocycles. The molecule has 0 aliphatic heterocycles. The zero-order chi connectivity index (χ0) is 18.7. The molecule has 26 heavy (non-hydrogen) atoms. The Hall–Kier alpha value is -2.50. The molecule has 1 aliphatic carbocycles. The molecule has 1 unspecified atom stereocenters. The molecule has 3 rings (SSSR count).